The number of amides is 1. The van der Waals surface area contributed by atoms with Gasteiger partial charge in [0.2, 0.25) is 6.79 Å². The summed E-state index contributed by atoms with van der Waals surface area (Å²) in [7, 11) is -3.96. The van der Waals surface area contributed by atoms with Gasteiger partial charge < -0.3 is 9.47 Å². The van der Waals surface area contributed by atoms with E-state index in [1.165, 1.54) is 18.3 Å². The van der Waals surface area contributed by atoms with E-state index in [0.717, 1.165) is 9.87 Å². The largest absolute Gasteiger partial charge is 0.454 e. The molecule has 0 radical (unpaired) electrons. The summed E-state index contributed by atoms with van der Waals surface area (Å²) in [5.41, 5.74) is 4.44. The number of carbonyl (C=O) groups is 1. The van der Waals surface area contributed by atoms with Gasteiger partial charge in [0.05, 0.1) is 16.8 Å². The Labute approximate surface area is 186 Å². The number of carbonyl (C=O) groups excluding carboxylic acids is 1. The number of benzene rings is 3. The van der Waals surface area contributed by atoms with E-state index in [4.69, 9.17) is 9.47 Å². The van der Waals surface area contributed by atoms with Crippen molar-refractivity contribution in [3.63, 3.8) is 0 Å². The molecule has 0 fully saturated rings. The third-order valence-electron chi connectivity index (χ3n) is 4.74. The molecule has 32 heavy (non-hydrogen) atoms. The van der Waals surface area contributed by atoms with Gasteiger partial charge in [-0.25, -0.2) is 13.8 Å². The van der Waals surface area contributed by atoms with Crippen LogP contribution in [0.15, 0.2) is 82.8 Å². The van der Waals surface area contributed by atoms with Crippen molar-refractivity contribution >= 4 is 27.8 Å². The van der Waals surface area contributed by atoms with Crippen molar-refractivity contribution in [3.8, 4) is 11.5 Å². The third kappa shape index (κ3) is 4.73. The van der Waals surface area contributed by atoms with Crippen molar-refractivity contribution < 1.29 is 22.7 Å². The molecule has 0 aromatic heterocycles. The van der Waals surface area contributed by atoms with Gasteiger partial charge in [0.25, 0.3) is 15.9 Å². The number of rotatable bonds is 7. The van der Waals surface area contributed by atoms with Crippen LogP contribution in [0.1, 0.15) is 11.1 Å². The van der Waals surface area contributed by atoms with Crippen LogP contribution in [0.2, 0.25) is 0 Å². The summed E-state index contributed by atoms with van der Waals surface area (Å²) in [6.45, 7) is 1.63. The monoisotopic (exact) mass is 451 g/mol. The zero-order chi connectivity index (χ0) is 22.6. The van der Waals surface area contributed by atoms with Crippen molar-refractivity contribution in [1.82, 2.24) is 5.43 Å². The Bertz CT molecular complexity index is 1240. The van der Waals surface area contributed by atoms with Gasteiger partial charge in [0.15, 0.2) is 11.5 Å². The fraction of sp³-hybridized carbons (Fsp3) is 0.130. The fourth-order valence-corrected chi connectivity index (χ4v) is 4.53. The lowest BCUT2D eigenvalue weighted by atomic mass is 10.2. The zero-order valence-electron chi connectivity index (χ0n) is 17.3. The van der Waals surface area contributed by atoms with Crippen LogP contribution in [0.5, 0.6) is 11.5 Å². The minimum Gasteiger partial charge on any atom is -0.454 e. The Morgan fingerprint density at radius 1 is 1.03 bits per heavy atom. The molecular formula is C23H21N3O5S. The predicted molar refractivity (Wildman–Crippen MR) is 120 cm³/mol. The number of ether oxygens (including phenoxy) is 2. The highest BCUT2D eigenvalue weighted by molar-refractivity contribution is 7.92. The second-order valence-electron chi connectivity index (χ2n) is 7.07. The Morgan fingerprint density at radius 2 is 1.75 bits per heavy atom. The first-order chi connectivity index (χ1) is 15.4. The molecule has 0 bridgehead atoms. The molecule has 0 saturated carbocycles. The molecule has 0 saturated heterocycles. The molecule has 0 aliphatic carbocycles. The van der Waals surface area contributed by atoms with Crippen molar-refractivity contribution in [2.75, 3.05) is 17.6 Å². The van der Waals surface area contributed by atoms with Crippen LogP contribution in [0.4, 0.5) is 5.69 Å². The first-order valence-corrected chi connectivity index (χ1v) is 11.2. The first kappa shape index (κ1) is 21.4. The van der Waals surface area contributed by atoms with Gasteiger partial charge >= 0.3 is 0 Å². The average molecular weight is 452 g/mol. The summed E-state index contributed by atoms with van der Waals surface area (Å²) in [5.74, 6) is 0.660. The van der Waals surface area contributed by atoms with E-state index in [9.17, 15) is 13.2 Å². The van der Waals surface area contributed by atoms with Crippen LogP contribution in [0.25, 0.3) is 0 Å². The van der Waals surface area contributed by atoms with Crippen LogP contribution in [-0.4, -0.2) is 33.9 Å². The standard InChI is InChI=1S/C23H21N3O5S/c1-17-7-10-19(11-8-17)26(32(28,29)20-5-3-2-4-6-20)15-23(27)25-24-14-18-9-12-21-22(13-18)31-16-30-21/h2-14H,15-16H2,1H3,(H,25,27)/b24-14+. The second-order valence-corrected chi connectivity index (χ2v) is 8.93. The van der Waals surface area contributed by atoms with Crippen LogP contribution >= 0.6 is 0 Å². The van der Waals surface area contributed by atoms with E-state index in [0.29, 0.717) is 22.7 Å². The number of hydrogen-bond donors (Lipinski definition) is 1. The van der Waals surface area contributed by atoms with Crippen molar-refractivity contribution in [2.24, 2.45) is 5.10 Å². The number of aryl methyl sites for hydroxylation is 1. The smallest absolute Gasteiger partial charge is 0.264 e. The van der Waals surface area contributed by atoms with Crippen molar-refractivity contribution in [2.45, 2.75) is 11.8 Å². The molecule has 1 aliphatic rings. The van der Waals surface area contributed by atoms with Gasteiger partial charge in [-0.15, -0.1) is 0 Å². The SMILES string of the molecule is Cc1ccc(N(CC(=O)N/N=C/c2ccc3c(c2)OCO3)S(=O)(=O)c2ccccc2)cc1. The summed E-state index contributed by atoms with van der Waals surface area (Å²) in [6.07, 6.45) is 1.45. The molecule has 0 atom stereocenters. The molecule has 8 nitrogen and oxygen atoms in total. The van der Waals surface area contributed by atoms with E-state index >= 15 is 0 Å². The van der Waals surface area contributed by atoms with Crippen LogP contribution < -0.4 is 19.2 Å². The number of hydrogen-bond acceptors (Lipinski definition) is 6. The third-order valence-corrected chi connectivity index (χ3v) is 6.53. The van der Waals surface area contributed by atoms with Gasteiger partial charge in [-0.05, 0) is 55.0 Å². The van der Waals surface area contributed by atoms with E-state index < -0.39 is 22.5 Å². The Balaban J connectivity index is 1.51. The van der Waals surface area contributed by atoms with Gasteiger partial charge in [0.1, 0.15) is 6.54 Å². The molecule has 0 spiro atoms. The van der Waals surface area contributed by atoms with Crippen LogP contribution in [-0.2, 0) is 14.8 Å². The Hall–Kier alpha value is -3.85. The number of nitrogens with zero attached hydrogens (tertiary/aromatic N) is 2. The van der Waals surface area contributed by atoms with Gasteiger partial charge in [-0.3, -0.25) is 9.10 Å². The molecule has 3 aromatic carbocycles. The van der Waals surface area contributed by atoms with E-state index in [2.05, 4.69) is 10.5 Å². The summed E-state index contributed by atoms with van der Waals surface area (Å²) in [4.78, 5) is 12.7. The molecule has 0 unspecified atom stereocenters. The number of hydrazone groups is 1. The molecule has 9 heteroatoms. The first-order valence-electron chi connectivity index (χ1n) is 9.79. The minimum atomic E-state index is -3.96. The maximum atomic E-state index is 13.2. The summed E-state index contributed by atoms with van der Waals surface area (Å²) < 4.78 is 38.1. The number of sulfonamides is 1. The van der Waals surface area contributed by atoms with E-state index in [-0.39, 0.29) is 11.7 Å². The zero-order valence-corrected chi connectivity index (χ0v) is 18.1. The molecule has 1 N–H and O–H groups in total. The Morgan fingerprint density at radius 3 is 2.50 bits per heavy atom. The lowest BCUT2D eigenvalue weighted by Gasteiger charge is -2.23. The summed E-state index contributed by atoms with van der Waals surface area (Å²) >= 11 is 0. The number of nitrogens with one attached hydrogen (secondary N) is 1. The molecular weight excluding hydrogens is 430 g/mol. The fourth-order valence-electron chi connectivity index (χ4n) is 3.08. The van der Waals surface area contributed by atoms with E-state index in [1.807, 2.05) is 6.92 Å². The topological polar surface area (TPSA) is 97.3 Å². The maximum Gasteiger partial charge on any atom is 0.264 e. The van der Waals surface area contributed by atoms with Crippen molar-refractivity contribution in [1.29, 1.82) is 0 Å². The van der Waals surface area contributed by atoms with Gasteiger partial charge in [-0.2, -0.15) is 5.10 Å². The average Bonchev–Trinajstić information content (AvgIpc) is 3.27. The van der Waals surface area contributed by atoms with Gasteiger partial charge in [0, 0.05) is 0 Å². The van der Waals surface area contributed by atoms with Crippen LogP contribution in [0.3, 0.4) is 0 Å². The summed E-state index contributed by atoms with van der Waals surface area (Å²) in [5, 5.41) is 3.94. The number of fused-ring (bicyclic) bond motifs is 1. The molecule has 1 amide bonds. The molecule has 164 valence electrons. The second kappa shape index (κ2) is 9.11. The molecule has 4 rings (SSSR count). The quantitative estimate of drug-likeness (QED) is 0.440. The molecule has 1 aliphatic heterocycles. The molecule has 3 aromatic rings. The lowest BCUT2D eigenvalue weighted by molar-refractivity contribution is -0.119. The molecule has 1 heterocycles. The highest BCUT2D eigenvalue weighted by atomic mass is 32.2. The Kier molecular flexibility index (Phi) is 6.09. The highest BCUT2D eigenvalue weighted by Crippen LogP contribution is 2.32. The summed E-state index contributed by atoms with van der Waals surface area (Å²) in [6, 6.07) is 20.1. The number of anilines is 1. The minimum absolute atomic E-state index is 0.0947. The maximum absolute atomic E-state index is 13.2. The highest BCUT2D eigenvalue weighted by Gasteiger charge is 2.27. The lowest BCUT2D eigenvalue weighted by Crippen LogP contribution is -2.39. The van der Waals surface area contributed by atoms with Crippen molar-refractivity contribution in [3.05, 3.63) is 83.9 Å². The van der Waals surface area contributed by atoms with Crippen LogP contribution in [0, 0.1) is 6.92 Å². The normalized spacial score (nSPS) is 12.7. The van der Waals surface area contributed by atoms with Gasteiger partial charge in [-0.1, -0.05) is 35.9 Å². The predicted octanol–water partition coefficient (Wildman–Crippen LogP) is 3.07. The van der Waals surface area contributed by atoms with E-state index in [1.54, 1.807) is 60.7 Å².